The molecule has 0 saturated carbocycles. The minimum Gasteiger partial charge on any atom is -0.456 e. The number of anilines is 3. The Hall–Kier alpha value is -7.72. The zero-order chi connectivity index (χ0) is 40.3. The summed E-state index contributed by atoms with van der Waals surface area (Å²) in [7, 11) is 0. The van der Waals surface area contributed by atoms with E-state index in [9.17, 15) is 0 Å². The smallest absolute Gasteiger partial charge is 0.135 e. The first kappa shape index (κ1) is 35.2. The van der Waals surface area contributed by atoms with Crippen LogP contribution in [0.1, 0.15) is 0 Å². The van der Waals surface area contributed by atoms with Crippen molar-refractivity contribution in [2.75, 3.05) is 4.90 Å². The molecule has 0 aliphatic carbocycles. The zero-order valence-electron chi connectivity index (χ0n) is 33.1. The highest BCUT2D eigenvalue weighted by atomic mass is 32.1. The molecule has 0 bridgehead atoms. The van der Waals surface area contributed by atoms with Crippen LogP contribution in [0.25, 0.3) is 97.4 Å². The molecule has 0 unspecified atom stereocenters. The van der Waals surface area contributed by atoms with Crippen LogP contribution in [0.5, 0.6) is 0 Å². The second-order valence-corrected chi connectivity index (χ2v) is 16.8. The Morgan fingerprint density at radius 1 is 0.295 bits per heavy atom. The maximum atomic E-state index is 6.13. The molecule has 0 atom stereocenters. The molecule has 0 spiro atoms. The van der Waals surface area contributed by atoms with Gasteiger partial charge in [0.25, 0.3) is 0 Å². The molecule has 0 fully saturated rings. The molecule has 286 valence electrons. The van der Waals surface area contributed by atoms with Crippen molar-refractivity contribution in [1.29, 1.82) is 0 Å². The maximum Gasteiger partial charge on any atom is 0.135 e. The van der Waals surface area contributed by atoms with E-state index in [-0.39, 0.29) is 0 Å². The molecule has 0 saturated heterocycles. The van der Waals surface area contributed by atoms with Crippen LogP contribution >= 0.6 is 11.3 Å². The van der Waals surface area contributed by atoms with E-state index in [2.05, 4.69) is 217 Å². The summed E-state index contributed by atoms with van der Waals surface area (Å²) in [6, 6.07) is 81.3. The van der Waals surface area contributed by atoms with Gasteiger partial charge in [0.15, 0.2) is 0 Å². The molecule has 0 aliphatic heterocycles. The summed E-state index contributed by atoms with van der Waals surface area (Å²) in [5.74, 6) is 0. The molecule has 0 amide bonds. The predicted octanol–water partition coefficient (Wildman–Crippen LogP) is 17.2. The van der Waals surface area contributed by atoms with Crippen LogP contribution in [0.3, 0.4) is 0 Å². The van der Waals surface area contributed by atoms with Crippen LogP contribution in [0.4, 0.5) is 17.1 Å². The van der Waals surface area contributed by atoms with Crippen molar-refractivity contribution in [2.24, 2.45) is 0 Å². The predicted molar refractivity (Wildman–Crippen MR) is 261 cm³/mol. The number of nitrogens with zero attached hydrogens (tertiary/aromatic N) is 1. The summed E-state index contributed by atoms with van der Waals surface area (Å²) < 4.78 is 8.77. The lowest BCUT2D eigenvalue weighted by Crippen LogP contribution is -2.09. The molecule has 12 aromatic rings. The molecule has 0 radical (unpaired) electrons. The number of hydrogen-bond acceptors (Lipinski definition) is 3. The fourth-order valence-electron chi connectivity index (χ4n) is 9.01. The van der Waals surface area contributed by atoms with E-state index in [4.69, 9.17) is 4.42 Å². The van der Waals surface area contributed by atoms with E-state index in [0.29, 0.717) is 0 Å². The second kappa shape index (κ2) is 14.5. The maximum absolute atomic E-state index is 6.13. The Balaban J connectivity index is 0.908. The van der Waals surface area contributed by atoms with Crippen molar-refractivity contribution < 1.29 is 4.42 Å². The average Bonchev–Trinajstić information content (AvgIpc) is 3.90. The van der Waals surface area contributed by atoms with Crippen molar-refractivity contribution >= 4 is 81.3 Å². The lowest BCUT2D eigenvalue weighted by Gasteiger charge is -2.26. The topological polar surface area (TPSA) is 16.4 Å². The van der Waals surface area contributed by atoms with Crippen LogP contribution in [0.2, 0.25) is 0 Å². The highest BCUT2D eigenvalue weighted by molar-refractivity contribution is 7.25. The number of para-hydroxylation sites is 1. The van der Waals surface area contributed by atoms with Gasteiger partial charge in [0.1, 0.15) is 11.2 Å². The molecule has 61 heavy (non-hydrogen) atoms. The molecule has 2 aromatic heterocycles. The largest absolute Gasteiger partial charge is 0.456 e. The molecular weight excluding hydrogens is 759 g/mol. The Labute approximate surface area is 357 Å². The Bertz CT molecular complexity index is 3570. The van der Waals surface area contributed by atoms with Gasteiger partial charge < -0.3 is 9.32 Å². The first-order chi connectivity index (χ1) is 30.2. The van der Waals surface area contributed by atoms with Gasteiger partial charge >= 0.3 is 0 Å². The number of fused-ring (bicyclic) bond motifs is 7. The van der Waals surface area contributed by atoms with E-state index in [1.54, 1.807) is 0 Å². The van der Waals surface area contributed by atoms with Crippen LogP contribution in [0.15, 0.2) is 229 Å². The van der Waals surface area contributed by atoms with Gasteiger partial charge in [0, 0.05) is 48.0 Å². The van der Waals surface area contributed by atoms with Crippen molar-refractivity contribution in [1.82, 2.24) is 0 Å². The Morgan fingerprint density at radius 3 is 1.54 bits per heavy atom. The van der Waals surface area contributed by atoms with Gasteiger partial charge in [-0.25, -0.2) is 0 Å². The lowest BCUT2D eigenvalue weighted by atomic mass is 9.95. The van der Waals surface area contributed by atoms with E-state index in [1.165, 1.54) is 64.3 Å². The van der Waals surface area contributed by atoms with Crippen LogP contribution < -0.4 is 4.90 Å². The molecule has 12 rings (SSSR count). The highest BCUT2D eigenvalue weighted by Gasteiger charge is 2.16. The van der Waals surface area contributed by atoms with E-state index < -0.39 is 0 Å². The summed E-state index contributed by atoms with van der Waals surface area (Å²) in [6.45, 7) is 0. The Kier molecular flexibility index (Phi) is 8.39. The van der Waals surface area contributed by atoms with Crippen molar-refractivity contribution in [2.45, 2.75) is 0 Å². The summed E-state index contributed by atoms with van der Waals surface area (Å²) in [6.07, 6.45) is 0. The molecule has 10 aromatic carbocycles. The summed E-state index contributed by atoms with van der Waals surface area (Å²) in [5, 5.41) is 7.43. The fraction of sp³-hybridized carbons (Fsp3) is 0. The van der Waals surface area contributed by atoms with Gasteiger partial charge in [0.2, 0.25) is 0 Å². The normalized spacial score (nSPS) is 11.6. The van der Waals surface area contributed by atoms with Crippen LogP contribution in [-0.2, 0) is 0 Å². The third-order valence-electron chi connectivity index (χ3n) is 12.1. The van der Waals surface area contributed by atoms with Gasteiger partial charge in [-0.2, -0.15) is 0 Å². The van der Waals surface area contributed by atoms with Crippen LogP contribution in [0, 0.1) is 0 Å². The first-order valence-corrected chi connectivity index (χ1v) is 21.5. The van der Waals surface area contributed by atoms with Gasteiger partial charge in [-0.1, -0.05) is 152 Å². The zero-order valence-corrected chi connectivity index (χ0v) is 33.9. The van der Waals surface area contributed by atoms with Crippen molar-refractivity contribution in [3.8, 4) is 44.5 Å². The van der Waals surface area contributed by atoms with E-state index >= 15 is 0 Å². The van der Waals surface area contributed by atoms with Crippen molar-refractivity contribution in [3.63, 3.8) is 0 Å². The summed E-state index contributed by atoms with van der Waals surface area (Å²) >= 11 is 1.86. The number of rotatable bonds is 7. The fourth-order valence-corrected chi connectivity index (χ4v) is 10.2. The highest BCUT2D eigenvalue weighted by Crippen LogP contribution is 2.41. The molecule has 2 nitrogen and oxygen atoms in total. The van der Waals surface area contributed by atoms with E-state index in [0.717, 1.165) is 50.1 Å². The monoisotopic (exact) mass is 795 g/mol. The third-order valence-corrected chi connectivity index (χ3v) is 13.2. The molecular formula is C58H37NOS. The minimum atomic E-state index is 0.906. The summed E-state index contributed by atoms with van der Waals surface area (Å²) in [4.78, 5) is 2.35. The summed E-state index contributed by atoms with van der Waals surface area (Å²) in [5.41, 5.74) is 14.7. The Morgan fingerprint density at radius 2 is 0.803 bits per heavy atom. The van der Waals surface area contributed by atoms with Gasteiger partial charge in [-0.05, 0) is 128 Å². The molecule has 3 heteroatoms. The third kappa shape index (κ3) is 6.26. The SMILES string of the molecule is c1cc(-c2ccc(N(c3ccc(-c4ccc5c(c4)sc4ccccc45)cc3)c3ccc(-c4ccc5oc6ccccc6c5c4)cc3)cc2)cc(-c2cccc3ccccc23)c1. The van der Waals surface area contributed by atoms with E-state index in [1.807, 2.05) is 23.5 Å². The van der Waals surface area contributed by atoms with Gasteiger partial charge in [-0.3, -0.25) is 0 Å². The average molecular weight is 796 g/mol. The number of hydrogen-bond donors (Lipinski definition) is 0. The quantitative estimate of drug-likeness (QED) is 0.160. The number of thiophene rings is 1. The number of benzene rings is 10. The molecule has 0 aliphatic rings. The lowest BCUT2D eigenvalue weighted by molar-refractivity contribution is 0.669. The number of furan rings is 1. The van der Waals surface area contributed by atoms with Gasteiger partial charge in [-0.15, -0.1) is 11.3 Å². The van der Waals surface area contributed by atoms with Crippen molar-refractivity contribution in [3.05, 3.63) is 224 Å². The second-order valence-electron chi connectivity index (χ2n) is 15.7. The molecule has 2 heterocycles. The minimum absolute atomic E-state index is 0.906. The first-order valence-electron chi connectivity index (χ1n) is 20.7. The van der Waals surface area contributed by atoms with Crippen LogP contribution in [-0.4, -0.2) is 0 Å². The standard InChI is InChI=1S/C58H37NOS/c1-2-13-49-41(9-1)10-8-16-50(49)45-12-7-11-42(35-45)38-19-27-46(28-20-38)59(47-29-21-39(22-30-47)43-26-34-56-54(36-43)51-14-3-5-17-55(51)60-56)48-31-23-40(24-32-48)44-25-33-53-52-15-4-6-18-57(52)61-58(53)37-44/h1-37H. The molecule has 0 N–H and O–H groups in total. The van der Waals surface area contributed by atoms with Gasteiger partial charge in [0.05, 0.1) is 0 Å².